The first-order chi connectivity index (χ1) is 12.7. The fourth-order valence-corrected chi connectivity index (χ4v) is 2.90. The summed E-state index contributed by atoms with van der Waals surface area (Å²) in [6, 6.07) is 0. The minimum Gasteiger partial charge on any atom is -0.480 e. The lowest BCUT2D eigenvalue weighted by molar-refractivity contribution is -0.139. The van der Waals surface area contributed by atoms with Crippen molar-refractivity contribution < 1.29 is 34.5 Å². The summed E-state index contributed by atoms with van der Waals surface area (Å²) in [5.41, 5.74) is 0. The lowest BCUT2D eigenvalue weighted by Gasteiger charge is -2.32. The molecule has 3 N–H and O–H groups in total. The van der Waals surface area contributed by atoms with Crippen LogP contribution in [0.3, 0.4) is 0 Å². The Morgan fingerprint density at radius 3 is 1.26 bits per heavy atom. The van der Waals surface area contributed by atoms with Gasteiger partial charge in [-0.2, -0.15) is 0 Å². The molecule has 11 nitrogen and oxygen atoms in total. The Kier molecular flexibility index (Phi) is 9.68. The second-order valence-electron chi connectivity index (χ2n) is 6.59. The average Bonchev–Trinajstić information content (AvgIpc) is 2.53. The number of Topliss-reactive ketones (excluding diaryl/α,β-unsaturated/α-hetero) is 1. The zero-order chi connectivity index (χ0) is 20.4. The van der Waals surface area contributed by atoms with E-state index in [0.717, 1.165) is 0 Å². The van der Waals surface area contributed by atoms with Crippen molar-refractivity contribution in [3.05, 3.63) is 0 Å². The Morgan fingerprint density at radius 1 is 0.630 bits per heavy atom. The Balaban J connectivity index is 2.90. The number of carbonyl (C=O) groups excluding carboxylic acids is 1. The minimum absolute atomic E-state index is 0.0336. The molecular formula is C16H28N4O7. The van der Waals surface area contributed by atoms with Gasteiger partial charge in [0.25, 0.3) is 0 Å². The van der Waals surface area contributed by atoms with Crippen LogP contribution in [-0.2, 0) is 14.4 Å². The fourth-order valence-electron chi connectivity index (χ4n) is 2.90. The average molecular weight is 388 g/mol. The second-order valence-corrected chi connectivity index (χ2v) is 6.59. The Bertz CT molecular complexity index is 511. The molecule has 0 bridgehead atoms. The standard InChI is InChI=1S/C16H28N4O7/c1-13(21)10-17-2-4-18(11-14(22)23)6-8-20(16(26)27)9-7-19(5-3-17)12-15(24)25/h2-12H2,1H3,(H,22,23)(H,24,25)(H,26,27). The van der Waals surface area contributed by atoms with Gasteiger partial charge >= 0.3 is 18.0 Å². The molecular weight excluding hydrogens is 360 g/mol. The van der Waals surface area contributed by atoms with E-state index >= 15 is 0 Å². The summed E-state index contributed by atoms with van der Waals surface area (Å²) in [5.74, 6) is -2.04. The summed E-state index contributed by atoms with van der Waals surface area (Å²) in [6.07, 6.45) is -1.13. The van der Waals surface area contributed by atoms with E-state index in [4.69, 9.17) is 10.2 Å². The fraction of sp³-hybridized carbons (Fsp3) is 0.750. The molecule has 1 saturated heterocycles. The number of hydrogen-bond donors (Lipinski definition) is 3. The van der Waals surface area contributed by atoms with Crippen molar-refractivity contribution in [2.24, 2.45) is 0 Å². The maximum Gasteiger partial charge on any atom is 0.407 e. The van der Waals surface area contributed by atoms with Crippen molar-refractivity contribution in [1.29, 1.82) is 0 Å². The summed E-state index contributed by atoms with van der Waals surface area (Å²) >= 11 is 0. The van der Waals surface area contributed by atoms with Crippen LogP contribution in [0.1, 0.15) is 6.92 Å². The molecule has 0 atom stereocenters. The summed E-state index contributed by atoms with van der Waals surface area (Å²) in [6.45, 7) is 3.55. The molecule has 0 unspecified atom stereocenters. The van der Waals surface area contributed by atoms with Crippen LogP contribution >= 0.6 is 0 Å². The van der Waals surface area contributed by atoms with E-state index in [-0.39, 0.29) is 51.6 Å². The van der Waals surface area contributed by atoms with Crippen molar-refractivity contribution >= 4 is 23.8 Å². The maximum absolute atomic E-state index is 11.5. The van der Waals surface area contributed by atoms with Gasteiger partial charge in [0.05, 0.1) is 19.6 Å². The Labute approximate surface area is 157 Å². The molecule has 0 aliphatic carbocycles. The SMILES string of the molecule is CC(=O)CN1CCN(CC(=O)O)CCN(C(=O)O)CCN(CC(=O)O)CC1. The number of carboxylic acids is 2. The first-order valence-electron chi connectivity index (χ1n) is 8.75. The molecule has 1 rings (SSSR count). The number of aliphatic carboxylic acids is 2. The van der Waals surface area contributed by atoms with Crippen molar-refractivity contribution in [3.8, 4) is 0 Å². The van der Waals surface area contributed by atoms with Gasteiger partial charge in [0.2, 0.25) is 0 Å². The molecule has 0 radical (unpaired) electrons. The van der Waals surface area contributed by atoms with Gasteiger partial charge in [0, 0.05) is 52.4 Å². The van der Waals surface area contributed by atoms with Crippen molar-refractivity contribution in [2.45, 2.75) is 6.92 Å². The van der Waals surface area contributed by atoms with Gasteiger partial charge in [-0.3, -0.25) is 29.1 Å². The molecule has 1 fully saturated rings. The van der Waals surface area contributed by atoms with Crippen LogP contribution in [0.2, 0.25) is 0 Å². The van der Waals surface area contributed by atoms with Crippen LogP contribution in [0.5, 0.6) is 0 Å². The van der Waals surface area contributed by atoms with Gasteiger partial charge in [-0.15, -0.1) is 0 Å². The van der Waals surface area contributed by atoms with Crippen molar-refractivity contribution in [3.63, 3.8) is 0 Å². The van der Waals surface area contributed by atoms with Crippen LogP contribution in [0.25, 0.3) is 0 Å². The second kappa shape index (κ2) is 11.5. The molecule has 0 spiro atoms. The zero-order valence-corrected chi connectivity index (χ0v) is 15.5. The predicted molar refractivity (Wildman–Crippen MR) is 94.9 cm³/mol. The van der Waals surface area contributed by atoms with E-state index in [9.17, 15) is 24.3 Å². The highest BCUT2D eigenvalue weighted by molar-refractivity contribution is 5.77. The van der Waals surface area contributed by atoms with Crippen LogP contribution in [0, 0.1) is 0 Å². The van der Waals surface area contributed by atoms with Crippen LogP contribution in [0.15, 0.2) is 0 Å². The molecule has 0 aromatic rings. The van der Waals surface area contributed by atoms with Gasteiger partial charge in [0.1, 0.15) is 5.78 Å². The molecule has 1 aliphatic heterocycles. The predicted octanol–water partition coefficient (Wildman–Crippen LogP) is -1.36. The Hall–Kier alpha value is -2.24. The molecule has 1 amide bonds. The smallest absolute Gasteiger partial charge is 0.407 e. The van der Waals surface area contributed by atoms with Crippen molar-refractivity contribution in [2.75, 3.05) is 72.0 Å². The normalized spacial score (nSPS) is 19.1. The monoisotopic (exact) mass is 388 g/mol. The highest BCUT2D eigenvalue weighted by Crippen LogP contribution is 2.01. The quantitative estimate of drug-likeness (QED) is 0.499. The third kappa shape index (κ3) is 9.87. The van der Waals surface area contributed by atoms with Gasteiger partial charge < -0.3 is 20.2 Å². The molecule has 154 valence electrons. The first kappa shape index (κ1) is 22.8. The van der Waals surface area contributed by atoms with Crippen molar-refractivity contribution in [1.82, 2.24) is 19.6 Å². The Morgan fingerprint density at radius 2 is 0.963 bits per heavy atom. The van der Waals surface area contributed by atoms with Gasteiger partial charge in [0.15, 0.2) is 0 Å². The number of hydrogen-bond acceptors (Lipinski definition) is 7. The topological polar surface area (TPSA) is 142 Å². The van der Waals surface area contributed by atoms with E-state index < -0.39 is 18.0 Å². The molecule has 1 heterocycles. The summed E-state index contributed by atoms with van der Waals surface area (Å²) in [4.78, 5) is 51.3. The number of ketones is 1. The van der Waals surface area contributed by atoms with Crippen LogP contribution < -0.4 is 0 Å². The molecule has 11 heteroatoms. The number of carbonyl (C=O) groups is 4. The van der Waals surface area contributed by atoms with E-state index in [0.29, 0.717) is 26.2 Å². The van der Waals surface area contributed by atoms with Gasteiger partial charge in [-0.1, -0.05) is 0 Å². The summed E-state index contributed by atoms with van der Waals surface area (Å²) < 4.78 is 0. The number of nitrogens with zero attached hydrogens (tertiary/aromatic N) is 4. The first-order valence-corrected chi connectivity index (χ1v) is 8.75. The molecule has 27 heavy (non-hydrogen) atoms. The lowest BCUT2D eigenvalue weighted by atomic mass is 10.3. The molecule has 0 saturated carbocycles. The van der Waals surface area contributed by atoms with Gasteiger partial charge in [-0.05, 0) is 6.92 Å². The highest BCUT2D eigenvalue weighted by Gasteiger charge is 2.21. The summed E-state index contributed by atoms with van der Waals surface area (Å²) in [7, 11) is 0. The summed E-state index contributed by atoms with van der Waals surface area (Å²) in [5, 5.41) is 27.4. The molecule has 0 aromatic carbocycles. The number of amides is 1. The van der Waals surface area contributed by atoms with E-state index in [1.165, 1.54) is 11.8 Å². The number of carboxylic acid groups (broad SMARTS) is 3. The number of rotatable bonds is 6. The van der Waals surface area contributed by atoms with Crippen LogP contribution in [0.4, 0.5) is 4.79 Å². The third-order valence-corrected chi connectivity index (χ3v) is 4.27. The van der Waals surface area contributed by atoms with E-state index in [1.807, 2.05) is 4.90 Å². The van der Waals surface area contributed by atoms with E-state index in [2.05, 4.69) is 0 Å². The zero-order valence-electron chi connectivity index (χ0n) is 15.5. The third-order valence-electron chi connectivity index (χ3n) is 4.27. The largest absolute Gasteiger partial charge is 0.480 e. The minimum atomic E-state index is -1.13. The maximum atomic E-state index is 11.5. The van der Waals surface area contributed by atoms with E-state index in [1.54, 1.807) is 9.80 Å². The molecule has 1 aliphatic rings. The van der Waals surface area contributed by atoms with Gasteiger partial charge in [-0.25, -0.2) is 4.79 Å². The molecule has 0 aromatic heterocycles. The van der Waals surface area contributed by atoms with Crippen LogP contribution in [-0.4, -0.2) is 131 Å². The lowest BCUT2D eigenvalue weighted by Crippen LogP contribution is -2.49. The highest BCUT2D eigenvalue weighted by atomic mass is 16.4.